The van der Waals surface area contributed by atoms with Gasteiger partial charge >= 0.3 is 6.03 Å². The fourth-order valence-corrected chi connectivity index (χ4v) is 1.85. The van der Waals surface area contributed by atoms with Crippen molar-refractivity contribution in [1.82, 2.24) is 0 Å². The first kappa shape index (κ1) is 14.9. The van der Waals surface area contributed by atoms with Gasteiger partial charge in [0, 0.05) is 11.3 Å². The summed E-state index contributed by atoms with van der Waals surface area (Å²) in [4.78, 5) is 11.8. The van der Waals surface area contributed by atoms with E-state index in [1.165, 1.54) is 36.4 Å². The molecule has 0 heterocycles. The second-order valence-corrected chi connectivity index (χ2v) is 4.58. The number of halogens is 2. The number of nitrogens with one attached hydrogen (secondary N) is 2. The van der Waals surface area contributed by atoms with Gasteiger partial charge in [-0.05, 0) is 36.4 Å². The first-order chi connectivity index (χ1) is 9.95. The van der Waals surface area contributed by atoms with E-state index in [0.717, 1.165) is 6.07 Å². The van der Waals surface area contributed by atoms with Gasteiger partial charge in [0.25, 0.3) is 0 Å². The third-order valence-corrected chi connectivity index (χ3v) is 2.80. The molecule has 2 aromatic rings. The first-order valence-electron chi connectivity index (χ1n) is 5.88. The van der Waals surface area contributed by atoms with Gasteiger partial charge < -0.3 is 16.4 Å². The van der Waals surface area contributed by atoms with E-state index in [1.54, 1.807) is 0 Å². The van der Waals surface area contributed by atoms with E-state index in [9.17, 15) is 13.6 Å². The number of benzene rings is 2. The molecule has 2 rings (SSSR count). The van der Waals surface area contributed by atoms with Gasteiger partial charge in [-0.25, -0.2) is 13.6 Å². The molecule has 0 fully saturated rings. The standard InChI is InChI=1S/C14H11F2N3OS/c15-8-2-1-3-10(6-8)18-14(20)19-12-5-4-9(16)7-11(12)13(17)21/h1-7H,(H2,17,21)(H2,18,19,20). The minimum absolute atomic E-state index is 0.0458. The van der Waals surface area contributed by atoms with Crippen LogP contribution in [0.3, 0.4) is 0 Å². The molecule has 0 unspecified atom stereocenters. The van der Waals surface area contributed by atoms with Gasteiger partial charge in [0.05, 0.1) is 5.69 Å². The van der Waals surface area contributed by atoms with Crippen LogP contribution in [0.2, 0.25) is 0 Å². The van der Waals surface area contributed by atoms with Gasteiger partial charge in [-0.15, -0.1) is 0 Å². The Labute approximate surface area is 125 Å². The minimum Gasteiger partial charge on any atom is -0.389 e. The number of rotatable bonds is 3. The van der Waals surface area contributed by atoms with E-state index in [-0.39, 0.29) is 21.9 Å². The Kier molecular flexibility index (Phi) is 4.44. The quantitative estimate of drug-likeness (QED) is 0.763. The van der Waals surface area contributed by atoms with Crippen molar-refractivity contribution in [3.8, 4) is 0 Å². The molecular weight excluding hydrogens is 296 g/mol. The molecule has 0 spiro atoms. The number of nitrogens with two attached hydrogens (primary N) is 1. The largest absolute Gasteiger partial charge is 0.389 e. The van der Waals surface area contributed by atoms with Crippen molar-refractivity contribution >= 4 is 34.6 Å². The first-order valence-corrected chi connectivity index (χ1v) is 6.29. The van der Waals surface area contributed by atoms with Gasteiger partial charge in [-0.2, -0.15) is 0 Å². The van der Waals surface area contributed by atoms with E-state index in [0.29, 0.717) is 0 Å². The van der Waals surface area contributed by atoms with Crippen LogP contribution in [0.5, 0.6) is 0 Å². The SMILES string of the molecule is NC(=S)c1cc(F)ccc1NC(=O)Nc1cccc(F)c1. The molecule has 0 atom stereocenters. The molecule has 108 valence electrons. The van der Waals surface area contributed by atoms with Gasteiger partial charge in [0.2, 0.25) is 0 Å². The van der Waals surface area contributed by atoms with Crippen LogP contribution in [-0.4, -0.2) is 11.0 Å². The van der Waals surface area contributed by atoms with Crippen molar-refractivity contribution in [1.29, 1.82) is 0 Å². The molecule has 0 saturated heterocycles. The summed E-state index contributed by atoms with van der Waals surface area (Å²) < 4.78 is 26.2. The van der Waals surface area contributed by atoms with Crippen molar-refractivity contribution in [3.63, 3.8) is 0 Å². The van der Waals surface area contributed by atoms with Crippen LogP contribution in [-0.2, 0) is 0 Å². The lowest BCUT2D eigenvalue weighted by atomic mass is 10.1. The number of urea groups is 1. The van der Waals surface area contributed by atoms with Crippen LogP contribution >= 0.6 is 12.2 Å². The third kappa shape index (κ3) is 3.96. The van der Waals surface area contributed by atoms with Gasteiger partial charge in [-0.1, -0.05) is 18.3 Å². The highest BCUT2D eigenvalue weighted by molar-refractivity contribution is 7.80. The third-order valence-electron chi connectivity index (χ3n) is 2.58. The lowest BCUT2D eigenvalue weighted by Gasteiger charge is -2.11. The maximum atomic E-state index is 13.2. The lowest BCUT2D eigenvalue weighted by molar-refractivity contribution is 0.262. The van der Waals surface area contributed by atoms with Gasteiger partial charge in [0.15, 0.2) is 0 Å². The topological polar surface area (TPSA) is 67.1 Å². The number of amides is 2. The van der Waals surface area contributed by atoms with Crippen LogP contribution in [0, 0.1) is 11.6 Å². The Hall–Kier alpha value is -2.54. The fraction of sp³-hybridized carbons (Fsp3) is 0. The molecule has 7 heteroatoms. The van der Waals surface area contributed by atoms with Crippen LogP contribution in [0.15, 0.2) is 42.5 Å². The number of carbonyl (C=O) groups is 1. The number of hydrogen-bond donors (Lipinski definition) is 3. The summed E-state index contributed by atoms with van der Waals surface area (Å²) in [6.45, 7) is 0. The smallest absolute Gasteiger partial charge is 0.323 e. The molecule has 2 aromatic carbocycles. The summed E-state index contributed by atoms with van der Waals surface area (Å²) in [5, 5.41) is 4.92. The Morgan fingerprint density at radius 3 is 2.43 bits per heavy atom. The Morgan fingerprint density at radius 1 is 1.05 bits per heavy atom. The zero-order valence-corrected chi connectivity index (χ0v) is 11.5. The molecule has 0 aromatic heterocycles. The van der Waals surface area contributed by atoms with Gasteiger partial charge in [-0.3, -0.25) is 0 Å². The second kappa shape index (κ2) is 6.27. The molecule has 0 bridgehead atoms. The van der Waals surface area contributed by atoms with E-state index < -0.39 is 17.7 Å². The fourth-order valence-electron chi connectivity index (χ4n) is 1.68. The molecule has 0 radical (unpaired) electrons. The molecule has 0 aliphatic carbocycles. The van der Waals surface area contributed by atoms with Crippen molar-refractivity contribution in [2.24, 2.45) is 5.73 Å². The van der Waals surface area contributed by atoms with E-state index in [2.05, 4.69) is 10.6 Å². The average molecular weight is 307 g/mol. The number of thiocarbonyl (C=S) groups is 1. The van der Waals surface area contributed by atoms with Crippen molar-refractivity contribution in [2.45, 2.75) is 0 Å². The molecule has 0 saturated carbocycles. The highest BCUT2D eigenvalue weighted by Gasteiger charge is 2.10. The van der Waals surface area contributed by atoms with E-state index >= 15 is 0 Å². The predicted octanol–water partition coefficient (Wildman–Crippen LogP) is 3.24. The Balaban J connectivity index is 2.15. The number of anilines is 2. The number of carbonyl (C=O) groups excluding carboxylic acids is 1. The molecule has 0 aliphatic rings. The predicted molar refractivity (Wildman–Crippen MR) is 81.3 cm³/mol. The van der Waals surface area contributed by atoms with E-state index in [4.69, 9.17) is 18.0 Å². The van der Waals surface area contributed by atoms with Crippen molar-refractivity contribution in [2.75, 3.05) is 10.6 Å². The zero-order valence-electron chi connectivity index (χ0n) is 10.7. The average Bonchev–Trinajstić information content (AvgIpc) is 2.40. The molecule has 21 heavy (non-hydrogen) atoms. The lowest BCUT2D eigenvalue weighted by Crippen LogP contribution is -2.22. The molecule has 0 aliphatic heterocycles. The maximum absolute atomic E-state index is 13.2. The summed E-state index contributed by atoms with van der Waals surface area (Å²) in [7, 11) is 0. The van der Waals surface area contributed by atoms with E-state index in [1.807, 2.05) is 0 Å². The maximum Gasteiger partial charge on any atom is 0.323 e. The molecule has 4 nitrogen and oxygen atoms in total. The zero-order chi connectivity index (χ0) is 15.4. The van der Waals surface area contributed by atoms with Crippen LogP contribution in [0.25, 0.3) is 0 Å². The minimum atomic E-state index is -0.621. The monoisotopic (exact) mass is 307 g/mol. The van der Waals surface area contributed by atoms with Crippen LogP contribution in [0.1, 0.15) is 5.56 Å². The summed E-state index contributed by atoms with van der Waals surface area (Å²) >= 11 is 4.80. The second-order valence-electron chi connectivity index (χ2n) is 4.14. The normalized spacial score (nSPS) is 10.0. The summed E-state index contributed by atoms with van der Waals surface area (Å²) in [6.07, 6.45) is 0. The molecular formula is C14H11F2N3OS. The van der Waals surface area contributed by atoms with Gasteiger partial charge in [0.1, 0.15) is 16.6 Å². The summed E-state index contributed by atoms with van der Waals surface area (Å²) in [6, 6.07) is 8.43. The summed E-state index contributed by atoms with van der Waals surface area (Å²) in [5.41, 5.74) is 6.23. The highest BCUT2D eigenvalue weighted by atomic mass is 32.1. The number of hydrogen-bond acceptors (Lipinski definition) is 2. The van der Waals surface area contributed by atoms with Crippen LogP contribution in [0.4, 0.5) is 25.0 Å². The highest BCUT2D eigenvalue weighted by Crippen LogP contribution is 2.18. The van der Waals surface area contributed by atoms with Crippen LogP contribution < -0.4 is 16.4 Å². The van der Waals surface area contributed by atoms with Crippen molar-refractivity contribution < 1.29 is 13.6 Å². The summed E-state index contributed by atoms with van der Waals surface area (Å²) in [5.74, 6) is -0.993. The van der Waals surface area contributed by atoms with Crippen molar-refractivity contribution in [3.05, 3.63) is 59.7 Å². The Bertz CT molecular complexity index is 706. The molecule has 4 N–H and O–H groups in total. The molecule has 2 amide bonds. The Morgan fingerprint density at radius 2 is 1.76 bits per heavy atom.